The molecule has 3 nitrogen and oxygen atoms in total. The van der Waals surface area contributed by atoms with E-state index in [4.69, 9.17) is 5.73 Å². The zero-order valence-electron chi connectivity index (χ0n) is 8.37. The molecule has 1 aliphatic rings. The van der Waals surface area contributed by atoms with Crippen molar-refractivity contribution < 1.29 is 4.79 Å². The third-order valence-corrected chi connectivity index (χ3v) is 2.72. The minimum Gasteiger partial charge on any atom is -0.325 e. The highest BCUT2D eigenvalue weighted by molar-refractivity contribution is 6.02. The van der Waals surface area contributed by atoms with Crippen LogP contribution < -0.4 is 11.1 Å². The molecular weight excluding hydrogens is 176 g/mol. The number of carbonyl (C=O) groups is 1. The summed E-state index contributed by atoms with van der Waals surface area (Å²) in [5.41, 5.74) is 8.84. The maximum Gasteiger partial charge on any atom is 0.231 e. The summed E-state index contributed by atoms with van der Waals surface area (Å²) in [5, 5.41) is 2.83. The van der Waals surface area contributed by atoms with Gasteiger partial charge in [-0.25, -0.2) is 0 Å². The summed E-state index contributed by atoms with van der Waals surface area (Å²) in [7, 11) is 0. The van der Waals surface area contributed by atoms with E-state index in [2.05, 4.69) is 5.32 Å². The lowest BCUT2D eigenvalue weighted by Crippen LogP contribution is -2.08. The van der Waals surface area contributed by atoms with Crippen LogP contribution in [0.15, 0.2) is 18.2 Å². The topological polar surface area (TPSA) is 55.1 Å². The van der Waals surface area contributed by atoms with Gasteiger partial charge in [0.25, 0.3) is 0 Å². The third kappa shape index (κ3) is 1.30. The molecule has 2 atom stereocenters. The number of carbonyl (C=O) groups excluding carboxylic acids is 1. The number of rotatable bonds is 1. The maximum atomic E-state index is 11.4. The van der Waals surface area contributed by atoms with E-state index in [1.165, 1.54) is 0 Å². The van der Waals surface area contributed by atoms with Gasteiger partial charge in [-0.05, 0) is 31.0 Å². The summed E-state index contributed by atoms with van der Waals surface area (Å²) in [4.78, 5) is 11.4. The van der Waals surface area contributed by atoms with Crippen LogP contribution in [0.5, 0.6) is 0 Å². The molecule has 1 heterocycles. The number of anilines is 1. The van der Waals surface area contributed by atoms with E-state index in [1.54, 1.807) is 0 Å². The standard InChI is InChI=1S/C11H14N2O/c1-6-9-5-8(7(2)12)3-4-10(9)13-11(6)14/h3-7H,12H2,1-2H3,(H,13,14). The molecule has 0 aliphatic carbocycles. The fourth-order valence-electron chi connectivity index (χ4n) is 1.72. The van der Waals surface area contributed by atoms with Gasteiger partial charge in [0.15, 0.2) is 0 Å². The van der Waals surface area contributed by atoms with Crippen molar-refractivity contribution in [3.05, 3.63) is 29.3 Å². The van der Waals surface area contributed by atoms with E-state index in [9.17, 15) is 4.79 Å². The zero-order valence-corrected chi connectivity index (χ0v) is 8.37. The van der Waals surface area contributed by atoms with Gasteiger partial charge in [-0.15, -0.1) is 0 Å². The lowest BCUT2D eigenvalue weighted by molar-refractivity contribution is -0.116. The van der Waals surface area contributed by atoms with Crippen molar-refractivity contribution >= 4 is 11.6 Å². The smallest absolute Gasteiger partial charge is 0.231 e. The second-order valence-electron chi connectivity index (χ2n) is 3.85. The van der Waals surface area contributed by atoms with Crippen molar-refractivity contribution in [1.82, 2.24) is 0 Å². The lowest BCUT2D eigenvalue weighted by atomic mass is 9.98. The highest BCUT2D eigenvalue weighted by Crippen LogP contribution is 2.33. The Morgan fingerprint density at radius 1 is 1.50 bits per heavy atom. The first kappa shape index (κ1) is 9.21. The van der Waals surface area contributed by atoms with Gasteiger partial charge in [0, 0.05) is 11.7 Å². The molecule has 2 unspecified atom stereocenters. The molecule has 14 heavy (non-hydrogen) atoms. The van der Waals surface area contributed by atoms with Crippen LogP contribution >= 0.6 is 0 Å². The fourth-order valence-corrected chi connectivity index (χ4v) is 1.72. The van der Waals surface area contributed by atoms with Gasteiger partial charge in [0.1, 0.15) is 0 Å². The molecule has 0 saturated carbocycles. The number of nitrogens with one attached hydrogen (secondary N) is 1. The molecule has 3 heteroatoms. The summed E-state index contributed by atoms with van der Waals surface area (Å²) in [5.74, 6) is 0.0190. The molecule has 74 valence electrons. The van der Waals surface area contributed by atoms with Gasteiger partial charge in [0.05, 0.1) is 5.92 Å². The van der Waals surface area contributed by atoms with Crippen molar-refractivity contribution in [3.63, 3.8) is 0 Å². The van der Waals surface area contributed by atoms with Crippen LogP contribution in [0.3, 0.4) is 0 Å². The van der Waals surface area contributed by atoms with E-state index in [0.717, 1.165) is 16.8 Å². The predicted molar refractivity (Wildman–Crippen MR) is 56.1 cm³/mol. The normalized spacial score (nSPS) is 21.6. The van der Waals surface area contributed by atoms with Gasteiger partial charge in [-0.2, -0.15) is 0 Å². The van der Waals surface area contributed by atoms with E-state index < -0.39 is 0 Å². The molecule has 1 aromatic rings. The molecule has 0 saturated heterocycles. The zero-order chi connectivity index (χ0) is 10.3. The number of fused-ring (bicyclic) bond motifs is 1. The van der Waals surface area contributed by atoms with Gasteiger partial charge in [-0.3, -0.25) is 4.79 Å². The predicted octanol–water partition coefficient (Wildman–Crippen LogP) is 1.76. The molecule has 2 rings (SSSR count). The van der Waals surface area contributed by atoms with E-state index >= 15 is 0 Å². The van der Waals surface area contributed by atoms with Gasteiger partial charge in [0.2, 0.25) is 5.91 Å². The Bertz CT molecular complexity index is 385. The lowest BCUT2D eigenvalue weighted by Gasteiger charge is -2.08. The van der Waals surface area contributed by atoms with Gasteiger partial charge < -0.3 is 11.1 Å². The Morgan fingerprint density at radius 3 is 2.86 bits per heavy atom. The van der Waals surface area contributed by atoms with Crippen LogP contribution in [0.4, 0.5) is 5.69 Å². The van der Waals surface area contributed by atoms with E-state index in [-0.39, 0.29) is 17.9 Å². The fraction of sp³-hybridized carbons (Fsp3) is 0.364. The van der Waals surface area contributed by atoms with Crippen molar-refractivity contribution in [2.45, 2.75) is 25.8 Å². The van der Waals surface area contributed by atoms with Crippen molar-refractivity contribution in [3.8, 4) is 0 Å². The average molecular weight is 190 g/mol. The third-order valence-electron chi connectivity index (χ3n) is 2.72. The molecule has 0 bridgehead atoms. The van der Waals surface area contributed by atoms with Crippen molar-refractivity contribution in [1.29, 1.82) is 0 Å². The van der Waals surface area contributed by atoms with E-state index in [1.807, 2.05) is 32.0 Å². The Kier molecular flexibility index (Phi) is 2.04. The van der Waals surface area contributed by atoms with Crippen molar-refractivity contribution in [2.24, 2.45) is 5.73 Å². The van der Waals surface area contributed by atoms with Gasteiger partial charge in [-0.1, -0.05) is 12.1 Å². The molecule has 0 radical (unpaired) electrons. The van der Waals surface area contributed by atoms with Crippen LogP contribution in [0.25, 0.3) is 0 Å². The van der Waals surface area contributed by atoms with Crippen LogP contribution in [0.2, 0.25) is 0 Å². The van der Waals surface area contributed by atoms with E-state index in [0.29, 0.717) is 0 Å². The molecule has 1 aromatic carbocycles. The monoisotopic (exact) mass is 190 g/mol. The second kappa shape index (κ2) is 3.10. The molecule has 0 fully saturated rings. The maximum absolute atomic E-state index is 11.4. The molecule has 1 aliphatic heterocycles. The van der Waals surface area contributed by atoms with Crippen LogP contribution in [0, 0.1) is 0 Å². The summed E-state index contributed by atoms with van der Waals surface area (Å²) >= 11 is 0. The second-order valence-corrected chi connectivity index (χ2v) is 3.85. The highest BCUT2D eigenvalue weighted by Gasteiger charge is 2.26. The summed E-state index contributed by atoms with van der Waals surface area (Å²) < 4.78 is 0. The Hall–Kier alpha value is -1.35. The highest BCUT2D eigenvalue weighted by atomic mass is 16.2. The minimum atomic E-state index is -0.0521. The number of hydrogen-bond acceptors (Lipinski definition) is 2. The number of hydrogen-bond donors (Lipinski definition) is 2. The Labute approximate surface area is 83.3 Å². The molecule has 3 N–H and O–H groups in total. The van der Waals surface area contributed by atoms with Crippen LogP contribution in [-0.4, -0.2) is 5.91 Å². The first-order valence-electron chi connectivity index (χ1n) is 4.80. The molecule has 1 amide bonds. The number of nitrogens with two attached hydrogens (primary N) is 1. The summed E-state index contributed by atoms with van der Waals surface area (Å²) in [6, 6.07) is 5.92. The Balaban J connectivity index is 2.46. The van der Waals surface area contributed by atoms with Gasteiger partial charge >= 0.3 is 0 Å². The minimum absolute atomic E-state index is 0.0169. The first-order valence-corrected chi connectivity index (χ1v) is 4.80. The SMILES string of the molecule is CC(N)c1ccc2c(c1)C(C)C(=O)N2. The number of benzene rings is 1. The molecule has 0 aromatic heterocycles. The van der Waals surface area contributed by atoms with Crippen molar-refractivity contribution in [2.75, 3.05) is 5.32 Å². The van der Waals surface area contributed by atoms with Crippen LogP contribution in [-0.2, 0) is 4.79 Å². The summed E-state index contributed by atoms with van der Waals surface area (Å²) in [6.45, 7) is 3.85. The average Bonchev–Trinajstić information content (AvgIpc) is 2.43. The summed E-state index contributed by atoms with van der Waals surface area (Å²) in [6.07, 6.45) is 0. The Morgan fingerprint density at radius 2 is 2.21 bits per heavy atom. The largest absolute Gasteiger partial charge is 0.325 e. The van der Waals surface area contributed by atoms with Crippen LogP contribution in [0.1, 0.15) is 36.9 Å². The quantitative estimate of drug-likeness (QED) is 0.709. The molecular formula is C11H14N2O. The first-order chi connectivity index (χ1) is 6.59. The number of amides is 1. The molecule has 0 spiro atoms.